The first-order valence-corrected chi connectivity index (χ1v) is 7.29. The molecule has 0 spiro atoms. The molecule has 1 heterocycles. The lowest BCUT2D eigenvalue weighted by atomic mass is 9.87. The van der Waals surface area contributed by atoms with Crippen molar-refractivity contribution in [2.45, 2.75) is 19.4 Å². The van der Waals surface area contributed by atoms with Gasteiger partial charge in [-0.05, 0) is 36.1 Å². The number of rotatable bonds is 3. The number of hydrogen-bond acceptors (Lipinski definition) is 3. The van der Waals surface area contributed by atoms with Crippen LogP contribution >= 0.6 is 0 Å². The molecule has 0 aliphatic carbocycles. The van der Waals surface area contributed by atoms with Gasteiger partial charge in [0.1, 0.15) is 0 Å². The lowest BCUT2D eigenvalue weighted by Gasteiger charge is -2.30. The van der Waals surface area contributed by atoms with Crippen molar-refractivity contribution < 1.29 is 9.47 Å². The number of aryl methyl sites for hydroxylation is 1. The van der Waals surface area contributed by atoms with Crippen LogP contribution < -0.4 is 14.8 Å². The molecule has 3 rings (SSSR count). The highest BCUT2D eigenvalue weighted by molar-refractivity contribution is 5.55. The van der Waals surface area contributed by atoms with Gasteiger partial charge < -0.3 is 14.8 Å². The van der Waals surface area contributed by atoms with Gasteiger partial charge in [-0.25, -0.2) is 0 Å². The first-order chi connectivity index (χ1) is 10.3. The molecule has 0 fully saturated rings. The van der Waals surface area contributed by atoms with Gasteiger partial charge in [0.2, 0.25) is 0 Å². The molecule has 0 bridgehead atoms. The Balaban J connectivity index is 2.13. The molecule has 0 saturated heterocycles. The normalized spacial score (nSPS) is 17.2. The van der Waals surface area contributed by atoms with E-state index in [2.05, 4.69) is 42.6 Å². The van der Waals surface area contributed by atoms with Crippen LogP contribution in [0.3, 0.4) is 0 Å². The van der Waals surface area contributed by atoms with Crippen molar-refractivity contribution in [3.05, 3.63) is 58.7 Å². The minimum atomic E-state index is 0.217. The van der Waals surface area contributed by atoms with E-state index in [0.29, 0.717) is 0 Å². The van der Waals surface area contributed by atoms with Gasteiger partial charge in [0.05, 0.1) is 20.3 Å². The lowest BCUT2D eigenvalue weighted by molar-refractivity contribution is 0.348. The monoisotopic (exact) mass is 283 g/mol. The summed E-state index contributed by atoms with van der Waals surface area (Å²) in [5.41, 5.74) is 5.17. The van der Waals surface area contributed by atoms with Gasteiger partial charge in [-0.1, -0.05) is 30.3 Å². The Kier molecular flexibility index (Phi) is 3.84. The van der Waals surface area contributed by atoms with Gasteiger partial charge in [-0.3, -0.25) is 0 Å². The van der Waals surface area contributed by atoms with Crippen molar-refractivity contribution in [2.75, 3.05) is 20.8 Å². The fourth-order valence-corrected chi connectivity index (χ4v) is 3.17. The highest BCUT2D eigenvalue weighted by Gasteiger charge is 2.26. The minimum Gasteiger partial charge on any atom is -0.493 e. The van der Waals surface area contributed by atoms with Crippen molar-refractivity contribution in [2.24, 2.45) is 0 Å². The van der Waals surface area contributed by atoms with Gasteiger partial charge in [-0.2, -0.15) is 0 Å². The predicted molar refractivity (Wildman–Crippen MR) is 84.3 cm³/mol. The Morgan fingerprint density at radius 1 is 1.00 bits per heavy atom. The maximum Gasteiger partial charge on any atom is 0.164 e. The van der Waals surface area contributed by atoms with Crippen molar-refractivity contribution in [1.82, 2.24) is 5.32 Å². The molecular formula is C18H21NO2. The third-order valence-corrected chi connectivity index (χ3v) is 4.22. The van der Waals surface area contributed by atoms with E-state index in [1.165, 1.54) is 22.3 Å². The Bertz CT molecular complexity index is 652. The van der Waals surface area contributed by atoms with Crippen LogP contribution in [0.25, 0.3) is 0 Å². The summed E-state index contributed by atoms with van der Waals surface area (Å²) in [6.07, 6.45) is 0.956. The highest BCUT2D eigenvalue weighted by atomic mass is 16.5. The van der Waals surface area contributed by atoms with Gasteiger partial charge in [0.15, 0.2) is 11.5 Å². The van der Waals surface area contributed by atoms with Gasteiger partial charge in [0.25, 0.3) is 0 Å². The summed E-state index contributed by atoms with van der Waals surface area (Å²) in [5.74, 6) is 1.68. The van der Waals surface area contributed by atoms with Crippen LogP contribution in [0.1, 0.15) is 28.3 Å². The molecule has 0 saturated carbocycles. The molecule has 3 heteroatoms. The molecule has 0 aromatic heterocycles. The Morgan fingerprint density at radius 3 is 2.52 bits per heavy atom. The SMILES string of the molecule is COc1ccc2c(c1OC)CCNC2c1ccccc1C. The van der Waals surface area contributed by atoms with E-state index >= 15 is 0 Å². The second-order valence-corrected chi connectivity index (χ2v) is 5.36. The summed E-state index contributed by atoms with van der Waals surface area (Å²) in [4.78, 5) is 0. The largest absolute Gasteiger partial charge is 0.493 e. The zero-order chi connectivity index (χ0) is 14.8. The summed E-state index contributed by atoms with van der Waals surface area (Å²) in [6.45, 7) is 3.10. The number of fused-ring (bicyclic) bond motifs is 1. The maximum atomic E-state index is 5.60. The van der Waals surface area contributed by atoms with Crippen molar-refractivity contribution >= 4 is 0 Å². The summed E-state index contributed by atoms with van der Waals surface area (Å²) in [7, 11) is 3.40. The van der Waals surface area contributed by atoms with E-state index in [4.69, 9.17) is 9.47 Å². The lowest BCUT2D eigenvalue weighted by Crippen LogP contribution is -2.31. The predicted octanol–water partition coefficient (Wildman–Crippen LogP) is 3.25. The number of benzene rings is 2. The third kappa shape index (κ3) is 2.38. The zero-order valence-electron chi connectivity index (χ0n) is 12.8. The van der Waals surface area contributed by atoms with Crippen molar-refractivity contribution in [3.63, 3.8) is 0 Å². The number of ether oxygens (including phenoxy) is 2. The zero-order valence-corrected chi connectivity index (χ0v) is 12.8. The van der Waals surface area contributed by atoms with Crippen molar-refractivity contribution in [3.8, 4) is 11.5 Å². The summed E-state index contributed by atoms with van der Waals surface area (Å²) in [5, 5.41) is 3.62. The molecule has 1 aliphatic rings. The number of nitrogens with one attached hydrogen (secondary N) is 1. The van der Waals surface area contributed by atoms with Gasteiger partial charge in [0, 0.05) is 12.1 Å². The molecule has 2 aromatic rings. The molecule has 1 atom stereocenters. The molecule has 21 heavy (non-hydrogen) atoms. The fraction of sp³-hybridized carbons (Fsp3) is 0.333. The maximum absolute atomic E-state index is 5.60. The first-order valence-electron chi connectivity index (χ1n) is 7.29. The Morgan fingerprint density at radius 2 is 1.81 bits per heavy atom. The molecule has 1 aliphatic heterocycles. The second kappa shape index (κ2) is 5.78. The molecule has 1 N–H and O–H groups in total. The molecular weight excluding hydrogens is 262 g/mol. The highest BCUT2D eigenvalue weighted by Crippen LogP contribution is 2.40. The summed E-state index contributed by atoms with van der Waals surface area (Å²) >= 11 is 0. The van der Waals surface area contributed by atoms with E-state index < -0.39 is 0 Å². The van der Waals surface area contributed by atoms with Crippen LogP contribution in [0.5, 0.6) is 11.5 Å². The third-order valence-electron chi connectivity index (χ3n) is 4.22. The van der Waals surface area contributed by atoms with E-state index in [-0.39, 0.29) is 6.04 Å². The minimum absolute atomic E-state index is 0.217. The number of hydrogen-bond donors (Lipinski definition) is 1. The van der Waals surface area contributed by atoms with E-state index in [1.807, 2.05) is 6.07 Å². The van der Waals surface area contributed by atoms with Gasteiger partial charge >= 0.3 is 0 Å². The van der Waals surface area contributed by atoms with Crippen LogP contribution in [0.4, 0.5) is 0 Å². The molecule has 0 amide bonds. The Labute approximate surface area is 125 Å². The van der Waals surface area contributed by atoms with Crippen molar-refractivity contribution in [1.29, 1.82) is 0 Å². The van der Waals surface area contributed by atoms with Gasteiger partial charge in [-0.15, -0.1) is 0 Å². The van der Waals surface area contributed by atoms with Crippen LogP contribution in [0, 0.1) is 6.92 Å². The second-order valence-electron chi connectivity index (χ2n) is 5.36. The van der Waals surface area contributed by atoms with Crippen LogP contribution in [-0.2, 0) is 6.42 Å². The molecule has 3 nitrogen and oxygen atoms in total. The number of methoxy groups -OCH3 is 2. The molecule has 110 valence electrons. The average molecular weight is 283 g/mol. The van der Waals surface area contributed by atoms with Crippen LogP contribution in [0.2, 0.25) is 0 Å². The van der Waals surface area contributed by atoms with E-state index in [0.717, 1.165) is 24.5 Å². The quantitative estimate of drug-likeness (QED) is 0.938. The standard InChI is InChI=1S/C18H21NO2/c1-12-6-4-5-7-13(12)17-14-8-9-16(20-2)18(21-3)15(14)10-11-19-17/h4-9,17,19H,10-11H2,1-3H3. The smallest absolute Gasteiger partial charge is 0.164 e. The van der Waals surface area contributed by atoms with E-state index in [9.17, 15) is 0 Å². The Hall–Kier alpha value is -2.00. The van der Waals surface area contributed by atoms with Crippen LogP contribution in [-0.4, -0.2) is 20.8 Å². The average Bonchev–Trinajstić information content (AvgIpc) is 2.53. The topological polar surface area (TPSA) is 30.5 Å². The first kappa shape index (κ1) is 14.0. The summed E-state index contributed by atoms with van der Waals surface area (Å²) < 4.78 is 11.0. The van der Waals surface area contributed by atoms with Crippen LogP contribution in [0.15, 0.2) is 36.4 Å². The molecule has 1 unspecified atom stereocenters. The molecule has 2 aromatic carbocycles. The summed E-state index contributed by atoms with van der Waals surface area (Å²) in [6, 6.07) is 12.9. The molecule has 0 radical (unpaired) electrons. The fourth-order valence-electron chi connectivity index (χ4n) is 3.17. The van der Waals surface area contributed by atoms with E-state index in [1.54, 1.807) is 14.2 Å².